The fourth-order valence-corrected chi connectivity index (χ4v) is 2.88. The maximum atomic E-state index is 5.95. The van der Waals surface area contributed by atoms with Crippen molar-refractivity contribution in [3.05, 3.63) is 23.9 Å². The molecule has 126 valence electrons. The van der Waals surface area contributed by atoms with Crippen molar-refractivity contribution in [3.63, 3.8) is 0 Å². The molecule has 0 saturated carbocycles. The van der Waals surface area contributed by atoms with Gasteiger partial charge in [-0.05, 0) is 34.6 Å². The number of ether oxygens (including phenoxy) is 1. The van der Waals surface area contributed by atoms with Gasteiger partial charge in [0.2, 0.25) is 0 Å². The highest BCUT2D eigenvalue weighted by molar-refractivity contribution is 4.95. The molecule has 1 fully saturated rings. The summed E-state index contributed by atoms with van der Waals surface area (Å²) in [6.45, 7) is 12.5. The van der Waals surface area contributed by atoms with Gasteiger partial charge in [0.25, 0.3) is 5.89 Å². The van der Waals surface area contributed by atoms with Gasteiger partial charge in [-0.3, -0.25) is 4.90 Å². The van der Waals surface area contributed by atoms with Crippen LogP contribution in [0.2, 0.25) is 0 Å². The average molecular weight is 320 g/mol. The van der Waals surface area contributed by atoms with Crippen molar-refractivity contribution in [1.29, 1.82) is 0 Å². The van der Waals surface area contributed by atoms with Crippen molar-refractivity contribution in [2.75, 3.05) is 13.1 Å². The number of aromatic nitrogens is 5. The second-order valence-electron chi connectivity index (χ2n) is 7.07. The van der Waals surface area contributed by atoms with Crippen molar-refractivity contribution in [2.45, 2.75) is 58.9 Å². The van der Waals surface area contributed by atoms with Crippen LogP contribution in [0.3, 0.4) is 0 Å². The van der Waals surface area contributed by atoms with Crippen LogP contribution in [0.5, 0.6) is 0 Å². The molecule has 0 unspecified atom stereocenters. The molecule has 0 bridgehead atoms. The van der Waals surface area contributed by atoms with E-state index in [9.17, 15) is 0 Å². The lowest BCUT2D eigenvalue weighted by molar-refractivity contribution is -0.0939. The summed E-state index contributed by atoms with van der Waals surface area (Å²) in [7, 11) is 0. The molecule has 0 aliphatic carbocycles. The van der Waals surface area contributed by atoms with Crippen molar-refractivity contribution in [2.24, 2.45) is 0 Å². The molecule has 23 heavy (non-hydrogen) atoms. The predicted octanol–water partition coefficient (Wildman–Crippen LogP) is 1.69. The van der Waals surface area contributed by atoms with E-state index in [1.807, 2.05) is 11.6 Å². The third kappa shape index (κ3) is 3.59. The van der Waals surface area contributed by atoms with Gasteiger partial charge < -0.3 is 9.26 Å². The number of aryl methyl sites for hydroxylation is 1. The summed E-state index contributed by atoms with van der Waals surface area (Å²) >= 11 is 0. The van der Waals surface area contributed by atoms with Crippen molar-refractivity contribution >= 4 is 0 Å². The molecule has 8 nitrogen and oxygen atoms in total. The van der Waals surface area contributed by atoms with Crippen LogP contribution in [0.25, 0.3) is 0 Å². The molecule has 8 heteroatoms. The summed E-state index contributed by atoms with van der Waals surface area (Å²) in [5, 5.41) is 8.21. The molecular formula is C15H24N6O2. The van der Waals surface area contributed by atoms with Gasteiger partial charge in [0, 0.05) is 13.1 Å². The van der Waals surface area contributed by atoms with E-state index in [1.54, 1.807) is 6.33 Å². The maximum Gasteiger partial charge on any atom is 0.257 e. The average Bonchev–Trinajstić information content (AvgIpc) is 3.06. The van der Waals surface area contributed by atoms with E-state index in [4.69, 9.17) is 9.26 Å². The Morgan fingerprint density at radius 3 is 2.74 bits per heavy atom. The highest BCUT2D eigenvalue weighted by atomic mass is 16.5. The summed E-state index contributed by atoms with van der Waals surface area (Å²) in [5.41, 5.74) is -0.0905. The monoisotopic (exact) mass is 320 g/mol. The predicted molar refractivity (Wildman–Crippen MR) is 82.6 cm³/mol. The fourth-order valence-electron chi connectivity index (χ4n) is 2.88. The second kappa shape index (κ2) is 6.01. The number of nitrogens with zero attached hydrogens (tertiary/aromatic N) is 6. The largest absolute Gasteiger partial charge is 0.363 e. The van der Waals surface area contributed by atoms with Crippen LogP contribution in [-0.4, -0.2) is 49.0 Å². The molecule has 0 radical (unpaired) electrons. The van der Waals surface area contributed by atoms with Gasteiger partial charge in [-0.1, -0.05) is 5.16 Å². The van der Waals surface area contributed by atoms with Crippen LogP contribution < -0.4 is 0 Å². The number of hydrogen-bond donors (Lipinski definition) is 0. The summed E-state index contributed by atoms with van der Waals surface area (Å²) < 4.78 is 13.2. The lowest BCUT2D eigenvalue weighted by Gasteiger charge is -2.35. The van der Waals surface area contributed by atoms with Crippen LogP contribution in [0.1, 0.15) is 51.3 Å². The first-order chi connectivity index (χ1) is 10.8. The van der Waals surface area contributed by atoms with E-state index in [1.165, 1.54) is 0 Å². The molecule has 0 N–H and O–H groups in total. The lowest BCUT2D eigenvalue weighted by atomic mass is 10.1. The number of rotatable bonds is 3. The zero-order chi connectivity index (χ0) is 16.6. The molecule has 2 aromatic heterocycles. The minimum Gasteiger partial charge on any atom is -0.363 e. The minimum atomic E-state index is -0.203. The van der Waals surface area contributed by atoms with Crippen molar-refractivity contribution in [3.8, 4) is 0 Å². The third-order valence-corrected chi connectivity index (χ3v) is 3.77. The van der Waals surface area contributed by atoms with Gasteiger partial charge in [-0.25, -0.2) is 9.67 Å². The van der Waals surface area contributed by atoms with E-state index in [0.717, 1.165) is 12.4 Å². The first kappa shape index (κ1) is 16.1. The first-order valence-corrected chi connectivity index (χ1v) is 7.90. The van der Waals surface area contributed by atoms with E-state index in [-0.39, 0.29) is 17.7 Å². The molecular weight excluding hydrogens is 296 g/mol. The summed E-state index contributed by atoms with van der Waals surface area (Å²) in [4.78, 5) is 11.0. The summed E-state index contributed by atoms with van der Waals surface area (Å²) in [5.74, 6) is 2.12. The van der Waals surface area contributed by atoms with E-state index in [2.05, 4.69) is 52.8 Å². The number of morpholine rings is 1. The Morgan fingerprint density at radius 2 is 2.09 bits per heavy atom. The fraction of sp³-hybridized carbons (Fsp3) is 0.733. The molecule has 2 atom stereocenters. The molecule has 3 rings (SSSR count). The van der Waals surface area contributed by atoms with E-state index < -0.39 is 0 Å². The standard InChI is InChI=1S/C15H24N6O2/c1-10-6-20(7-12(22-10)14-18-11(2)19-23-14)8-13-16-9-17-21(13)15(3,4)5/h9-10,12H,6-8H2,1-5H3/t10-,12-/m1/s1. The molecule has 3 heterocycles. The Bertz CT molecular complexity index is 659. The third-order valence-electron chi connectivity index (χ3n) is 3.77. The van der Waals surface area contributed by atoms with Crippen molar-refractivity contribution < 1.29 is 9.26 Å². The SMILES string of the molecule is Cc1noc([C@H]2CN(Cc3ncnn3C(C)(C)C)C[C@@H](C)O2)n1. The molecule has 2 aromatic rings. The molecule has 0 aromatic carbocycles. The van der Waals surface area contributed by atoms with Gasteiger partial charge in [-0.2, -0.15) is 10.1 Å². The van der Waals surface area contributed by atoms with Gasteiger partial charge in [0.1, 0.15) is 18.3 Å². The number of hydrogen-bond acceptors (Lipinski definition) is 7. The zero-order valence-electron chi connectivity index (χ0n) is 14.4. The summed E-state index contributed by atoms with van der Waals surface area (Å²) in [6, 6.07) is 0. The van der Waals surface area contributed by atoms with Crippen LogP contribution in [0, 0.1) is 6.92 Å². The highest BCUT2D eigenvalue weighted by Gasteiger charge is 2.31. The smallest absolute Gasteiger partial charge is 0.257 e. The van der Waals surface area contributed by atoms with E-state index >= 15 is 0 Å². The Hall–Kier alpha value is -1.80. The van der Waals surface area contributed by atoms with Crippen LogP contribution in [0.15, 0.2) is 10.9 Å². The Balaban J connectivity index is 1.74. The maximum absolute atomic E-state index is 5.95. The molecule has 1 saturated heterocycles. The molecule has 1 aliphatic heterocycles. The molecule has 0 amide bonds. The van der Waals surface area contributed by atoms with Gasteiger partial charge in [0.05, 0.1) is 18.2 Å². The van der Waals surface area contributed by atoms with E-state index in [0.29, 0.717) is 24.8 Å². The van der Waals surface area contributed by atoms with Crippen LogP contribution in [-0.2, 0) is 16.8 Å². The summed E-state index contributed by atoms with van der Waals surface area (Å²) in [6.07, 6.45) is 1.50. The normalized spacial score (nSPS) is 23.3. The molecule has 0 spiro atoms. The Kier molecular flexibility index (Phi) is 4.20. The van der Waals surface area contributed by atoms with Crippen LogP contribution >= 0.6 is 0 Å². The minimum absolute atomic E-state index is 0.0898. The Labute approximate surface area is 135 Å². The first-order valence-electron chi connectivity index (χ1n) is 7.90. The van der Waals surface area contributed by atoms with Gasteiger partial charge >= 0.3 is 0 Å². The van der Waals surface area contributed by atoms with Gasteiger partial charge in [-0.15, -0.1) is 0 Å². The Morgan fingerprint density at radius 1 is 1.30 bits per heavy atom. The lowest BCUT2D eigenvalue weighted by Crippen LogP contribution is -2.43. The van der Waals surface area contributed by atoms with Crippen molar-refractivity contribution in [1.82, 2.24) is 29.8 Å². The van der Waals surface area contributed by atoms with Crippen LogP contribution in [0.4, 0.5) is 0 Å². The molecule has 1 aliphatic rings. The van der Waals surface area contributed by atoms with Gasteiger partial charge in [0.15, 0.2) is 5.82 Å². The second-order valence-corrected chi connectivity index (χ2v) is 7.07. The quantitative estimate of drug-likeness (QED) is 0.851. The topological polar surface area (TPSA) is 82.1 Å². The zero-order valence-corrected chi connectivity index (χ0v) is 14.4. The highest BCUT2D eigenvalue weighted by Crippen LogP contribution is 2.25.